The summed E-state index contributed by atoms with van der Waals surface area (Å²) in [5, 5.41) is 2.63. The molecule has 10 nitrogen and oxygen atoms in total. The van der Waals surface area contributed by atoms with Gasteiger partial charge in [-0.1, -0.05) is 30.3 Å². The van der Waals surface area contributed by atoms with Gasteiger partial charge in [0.05, 0.1) is 59.5 Å². The van der Waals surface area contributed by atoms with Crippen LogP contribution in [-0.2, 0) is 44.6 Å². The maximum atomic E-state index is 11.6. The molecule has 0 aliphatic carbocycles. The second kappa shape index (κ2) is 19.1. The van der Waals surface area contributed by atoms with Crippen LogP contribution in [0.15, 0.2) is 30.3 Å². The summed E-state index contributed by atoms with van der Waals surface area (Å²) in [5.41, 5.74) is 0.423. The van der Waals surface area contributed by atoms with Gasteiger partial charge in [0.15, 0.2) is 0 Å². The number of nitrogens with one attached hydrogen (secondary N) is 1. The fraction of sp³-hybridized carbons (Fsp3) is 0.667. The summed E-state index contributed by atoms with van der Waals surface area (Å²) in [5.74, 6) is -0.392. The molecule has 10 heteroatoms. The van der Waals surface area contributed by atoms with E-state index in [4.69, 9.17) is 33.2 Å². The van der Waals surface area contributed by atoms with Gasteiger partial charge < -0.3 is 38.5 Å². The quantitative estimate of drug-likeness (QED) is 0.233. The number of alkyl carbamates (subject to hydrolysis) is 1. The van der Waals surface area contributed by atoms with E-state index in [0.29, 0.717) is 66.0 Å². The maximum Gasteiger partial charge on any atom is 0.407 e. The van der Waals surface area contributed by atoms with Gasteiger partial charge in [-0.2, -0.15) is 0 Å². The third-order valence-corrected chi connectivity index (χ3v) is 3.86. The minimum Gasteiger partial charge on any atom is -0.458 e. The molecule has 1 aromatic carbocycles. The molecular formula is C24H39NO9. The lowest BCUT2D eigenvalue weighted by atomic mass is 10.2. The summed E-state index contributed by atoms with van der Waals surface area (Å²) in [6, 6.07) is 9.48. The van der Waals surface area contributed by atoms with E-state index < -0.39 is 17.7 Å². The third kappa shape index (κ3) is 19.2. The smallest absolute Gasteiger partial charge is 0.407 e. The summed E-state index contributed by atoms with van der Waals surface area (Å²) in [6.07, 6.45) is -0.474. The molecule has 0 aromatic heterocycles. The monoisotopic (exact) mass is 485 g/mol. The van der Waals surface area contributed by atoms with E-state index in [0.717, 1.165) is 5.56 Å². The first-order chi connectivity index (χ1) is 16.4. The first-order valence-electron chi connectivity index (χ1n) is 11.4. The van der Waals surface area contributed by atoms with E-state index in [1.807, 2.05) is 51.1 Å². The van der Waals surface area contributed by atoms with Crippen LogP contribution in [0.25, 0.3) is 0 Å². The van der Waals surface area contributed by atoms with Gasteiger partial charge in [-0.3, -0.25) is 0 Å². The fourth-order valence-corrected chi connectivity index (χ4v) is 2.41. The van der Waals surface area contributed by atoms with E-state index in [1.165, 1.54) is 0 Å². The van der Waals surface area contributed by atoms with Gasteiger partial charge in [0.25, 0.3) is 0 Å². The lowest BCUT2D eigenvalue weighted by Gasteiger charge is -2.19. The molecule has 0 saturated carbocycles. The van der Waals surface area contributed by atoms with Gasteiger partial charge in [-0.25, -0.2) is 9.59 Å². The Morgan fingerprint density at radius 2 is 1.24 bits per heavy atom. The highest BCUT2D eigenvalue weighted by Crippen LogP contribution is 2.06. The van der Waals surface area contributed by atoms with Crippen LogP contribution in [0.5, 0.6) is 0 Å². The number of amides is 1. The average molecular weight is 486 g/mol. The molecular weight excluding hydrogens is 446 g/mol. The van der Waals surface area contributed by atoms with Crippen LogP contribution in [0.3, 0.4) is 0 Å². The van der Waals surface area contributed by atoms with Crippen molar-refractivity contribution >= 4 is 12.1 Å². The van der Waals surface area contributed by atoms with Crippen molar-refractivity contribution in [2.45, 2.75) is 33.0 Å². The Morgan fingerprint density at radius 1 is 0.735 bits per heavy atom. The topological polar surface area (TPSA) is 111 Å². The molecule has 1 N–H and O–H groups in total. The standard InChI is InChI=1S/C24H39NO9/c1-24(2,3)34-22(26)20-32-18-17-31-16-15-30-14-13-29-12-11-28-10-9-25-23(27)33-19-21-7-5-4-6-8-21/h4-8H,9-20H2,1-3H3,(H,25,27). The molecule has 0 aliphatic rings. The molecule has 0 heterocycles. The second-order valence-electron chi connectivity index (χ2n) is 8.08. The fourth-order valence-electron chi connectivity index (χ4n) is 2.41. The van der Waals surface area contributed by atoms with Crippen LogP contribution < -0.4 is 5.32 Å². The zero-order valence-electron chi connectivity index (χ0n) is 20.5. The van der Waals surface area contributed by atoms with Gasteiger partial charge in [-0.15, -0.1) is 0 Å². The minimum atomic E-state index is -0.511. The number of rotatable bonds is 19. The molecule has 0 saturated heterocycles. The van der Waals surface area contributed by atoms with Crippen LogP contribution >= 0.6 is 0 Å². The SMILES string of the molecule is CC(C)(C)OC(=O)COCCOCCOCCOCCOCCNC(=O)OCc1ccccc1. The van der Waals surface area contributed by atoms with Gasteiger partial charge in [-0.05, 0) is 26.3 Å². The Labute approximate surface area is 202 Å². The Balaban J connectivity index is 1.75. The Kier molecular flexibility index (Phi) is 16.7. The van der Waals surface area contributed by atoms with Crippen LogP contribution in [0.1, 0.15) is 26.3 Å². The zero-order valence-corrected chi connectivity index (χ0v) is 20.5. The van der Waals surface area contributed by atoms with Crippen molar-refractivity contribution in [3.8, 4) is 0 Å². The summed E-state index contributed by atoms with van der Waals surface area (Å²) in [6.45, 7) is 9.63. The number of esters is 1. The van der Waals surface area contributed by atoms with Crippen molar-refractivity contribution in [2.24, 2.45) is 0 Å². The lowest BCUT2D eigenvalue weighted by molar-refractivity contribution is -0.160. The largest absolute Gasteiger partial charge is 0.458 e. The Morgan fingerprint density at radius 3 is 1.76 bits per heavy atom. The first kappa shape index (κ1) is 29.8. The number of benzene rings is 1. The summed E-state index contributed by atoms with van der Waals surface area (Å²) >= 11 is 0. The van der Waals surface area contributed by atoms with Gasteiger partial charge >= 0.3 is 12.1 Å². The van der Waals surface area contributed by atoms with E-state index in [2.05, 4.69) is 5.32 Å². The normalized spacial score (nSPS) is 11.3. The molecule has 0 unspecified atom stereocenters. The average Bonchev–Trinajstić information content (AvgIpc) is 2.79. The highest BCUT2D eigenvalue weighted by atomic mass is 16.6. The number of ether oxygens (including phenoxy) is 7. The Bertz CT molecular complexity index is 650. The van der Waals surface area contributed by atoms with Crippen molar-refractivity contribution in [3.05, 3.63) is 35.9 Å². The molecule has 0 atom stereocenters. The zero-order chi connectivity index (χ0) is 24.9. The molecule has 0 spiro atoms. The molecule has 34 heavy (non-hydrogen) atoms. The van der Waals surface area contributed by atoms with Crippen molar-refractivity contribution in [3.63, 3.8) is 0 Å². The van der Waals surface area contributed by atoms with Crippen LogP contribution in [0.4, 0.5) is 4.79 Å². The minimum absolute atomic E-state index is 0.0873. The van der Waals surface area contributed by atoms with E-state index in [1.54, 1.807) is 0 Å². The predicted octanol–water partition coefficient (Wildman–Crippen LogP) is 2.34. The number of carbonyl (C=O) groups is 2. The molecule has 194 valence electrons. The number of hydrogen-bond donors (Lipinski definition) is 1. The third-order valence-electron chi connectivity index (χ3n) is 3.86. The van der Waals surface area contributed by atoms with Crippen LogP contribution in [-0.4, -0.2) is 90.3 Å². The Hall–Kier alpha value is -2.24. The summed E-state index contributed by atoms with van der Waals surface area (Å²) < 4.78 is 36.9. The molecule has 0 fully saturated rings. The van der Waals surface area contributed by atoms with Crippen molar-refractivity contribution < 1.29 is 42.7 Å². The van der Waals surface area contributed by atoms with Gasteiger partial charge in [0.1, 0.15) is 18.8 Å². The molecule has 1 aromatic rings. The molecule has 0 radical (unpaired) electrons. The van der Waals surface area contributed by atoms with Crippen LogP contribution in [0, 0.1) is 0 Å². The summed E-state index contributed by atoms with van der Waals surface area (Å²) in [7, 11) is 0. The van der Waals surface area contributed by atoms with E-state index >= 15 is 0 Å². The summed E-state index contributed by atoms with van der Waals surface area (Å²) in [4.78, 5) is 23.0. The molecule has 0 bridgehead atoms. The first-order valence-corrected chi connectivity index (χ1v) is 11.4. The predicted molar refractivity (Wildman–Crippen MR) is 125 cm³/mol. The van der Waals surface area contributed by atoms with Crippen molar-refractivity contribution in [1.29, 1.82) is 0 Å². The molecule has 0 aliphatic heterocycles. The molecule has 1 rings (SSSR count). The second-order valence-corrected chi connectivity index (χ2v) is 8.08. The number of carbonyl (C=O) groups excluding carboxylic acids is 2. The van der Waals surface area contributed by atoms with Crippen LogP contribution in [0.2, 0.25) is 0 Å². The van der Waals surface area contributed by atoms with Gasteiger partial charge in [0.2, 0.25) is 0 Å². The highest BCUT2D eigenvalue weighted by molar-refractivity contribution is 5.71. The van der Waals surface area contributed by atoms with Crippen molar-refractivity contribution in [1.82, 2.24) is 5.32 Å². The number of hydrogen-bond acceptors (Lipinski definition) is 9. The maximum absolute atomic E-state index is 11.6. The van der Waals surface area contributed by atoms with Gasteiger partial charge in [0, 0.05) is 6.54 Å². The van der Waals surface area contributed by atoms with E-state index in [9.17, 15) is 9.59 Å². The van der Waals surface area contributed by atoms with Crippen molar-refractivity contribution in [2.75, 3.05) is 72.6 Å². The lowest BCUT2D eigenvalue weighted by Crippen LogP contribution is -2.28. The molecule has 1 amide bonds. The van der Waals surface area contributed by atoms with E-state index in [-0.39, 0.29) is 13.2 Å². The highest BCUT2D eigenvalue weighted by Gasteiger charge is 2.15.